The third-order valence-electron chi connectivity index (χ3n) is 2.88. The number of H-pyrrole nitrogens is 1. The summed E-state index contributed by atoms with van der Waals surface area (Å²) in [6, 6.07) is 5.41. The lowest BCUT2D eigenvalue weighted by Gasteiger charge is -2.03. The molecule has 0 spiro atoms. The minimum Gasteiger partial charge on any atom is -0.306 e. The molecule has 0 atom stereocenters. The standard InChI is InChI=1S/C14H18N4O.2C2H6/c1-2-3-4-5-11-6-7-12(15-10-11)14(19)17-13-8-9-16-18-13;2*1-2/h6-10H,2-5H2,1H3,(H2,16,17,18,19);2*1-2H3. The van der Waals surface area contributed by atoms with Crippen molar-refractivity contribution in [3.63, 3.8) is 0 Å². The highest BCUT2D eigenvalue weighted by molar-refractivity contribution is 6.02. The largest absolute Gasteiger partial charge is 0.306 e. The Morgan fingerprint density at radius 2 is 1.87 bits per heavy atom. The van der Waals surface area contributed by atoms with Gasteiger partial charge in [-0.1, -0.05) is 53.5 Å². The summed E-state index contributed by atoms with van der Waals surface area (Å²) in [6.07, 6.45) is 7.97. The van der Waals surface area contributed by atoms with Gasteiger partial charge in [0.1, 0.15) is 11.5 Å². The van der Waals surface area contributed by atoms with Crippen LogP contribution in [0.5, 0.6) is 0 Å². The van der Waals surface area contributed by atoms with Crippen molar-refractivity contribution in [2.45, 2.75) is 60.3 Å². The first-order chi connectivity index (χ1) is 11.3. The van der Waals surface area contributed by atoms with Crippen molar-refractivity contribution in [3.05, 3.63) is 41.9 Å². The number of anilines is 1. The Bertz CT molecular complexity index is 506. The minimum absolute atomic E-state index is 0.232. The fourth-order valence-corrected chi connectivity index (χ4v) is 1.80. The van der Waals surface area contributed by atoms with Gasteiger partial charge in [-0.05, 0) is 24.5 Å². The Labute approximate surface area is 139 Å². The number of nitrogens with one attached hydrogen (secondary N) is 2. The lowest BCUT2D eigenvalue weighted by Crippen LogP contribution is -2.13. The molecular weight excluding hydrogens is 288 g/mol. The third-order valence-corrected chi connectivity index (χ3v) is 2.88. The summed E-state index contributed by atoms with van der Waals surface area (Å²) in [5.74, 6) is 0.336. The monoisotopic (exact) mass is 318 g/mol. The van der Waals surface area contributed by atoms with Gasteiger partial charge in [-0.2, -0.15) is 5.10 Å². The van der Waals surface area contributed by atoms with Crippen LogP contribution in [0.3, 0.4) is 0 Å². The van der Waals surface area contributed by atoms with Crippen LogP contribution in [0.25, 0.3) is 0 Å². The predicted octanol–water partition coefficient (Wildman–Crippen LogP) is 4.84. The maximum atomic E-state index is 11.9. The van der Waals surface area contributed by atoms with Gasteiger partial charge in [0.25, 0.3) is 5.91 Å². The molecule has 0 bridgehead atoms. The molecular formula is C18H30N4O. The summed E-state index contributed by atoms with van der Waals surface area (Å²) < 4.78 is 0. The van der Waals surface area contributed by atoms with Crippen LogP contribution < -0.4 is 5.32 Å². The molecule has 0 saturated carbocycles. The molecule has 2 N–H and O–H groups in total. The molecule has 0 radical (unpaired) electrons. The topological polar surface area (TPSA) is 70.7 Å². The van der Waals surface area contributed by atoms with Crippen LogP contribution in [0.4, 0.5) is 5.82 Å². The Kier molecular flexibility index (Phi) is 12.2. The zero-order chi connectivity index (χ0) is 17.5. The molecule has 0 unspecified atom stereocenters. The number of hydrogen-bond donors (Lipinski definition) is 2. The minimum atomic E-state index is -0.232. The van der Waals surface area contributed by atoms with Crippen molar-refractivity contribution < 1.29 is 4.79 Å². The Morgan fingerprint density at radius 3 is 2.39 bits per heavy atom. The average Bonchev–Trinajstić information content (AvgIpc) is 3.12. The molecule has 0 aliphatic rings. The molecule has 23 heavy (non-hydrogen) atoms. The quantitative estimate of drug-likeness (QED) is 0.748. The van der Waals surface area contributed by atoms with E-state index in [0.717, 1.165) is 12.8 Å². The zero-order valence-electron chi connectivity index (χ0n) is 15.0. The number of hydrogen-bond acceptors (Lipinski definition) is 3. The smallest absolute Gasteiger partial charge is 0.275 e. The van der Waals surface area contributed by atoms with Crippen LogP contribution >= 0.6 is 0 Å². The van der Waals surface area contributed by atoms with Crippen molar-refractivity contribution in [1.29, 1.82) is 0 Å². The first-order valence-corrected chi connectivity index (χ1v) is 8.55. The van der Waals surface area contributed by atoms with Gasteiger partial charge in [0.15, 0.2) is 0 Å². The number of unbranched alkanes of at least 4 members (excludes halogenated alkanes) is 2. The number of nitrogens with zero attached hydrogens (tertiary/aromatic N) is 2. The molecule has 0 aliphatic heterocycles. The summed E-state index contributed by atoms with van der Waals surface area (Å²) >= 11 is 0. The lowest BCUT2D eigenvalue weighted by molar-refractivity contribution is 0.102. The van der Waals surface area contributed by atoms with E-state index in [4.69, 9.17) is 0 Å². The van der Waals surface area contributed by atoms with Crippen molar-refractivity contribution in [2.75, 3.05) is 5.32 Å². The van der Waals surface area contributed by atoms with Crippen LogP contribution in [0.2, 0.25) is 0 Å². The van der Waals surface area contributed by atoms with Crippen molar-refractivity contribution in [2.24, 2.45) is 0 Å². The van der Waals surface area contributed by atoms with E-state index in [1.54, 1.807) is 24.5 Å². The Hall–Kier alpha value is -2.17. The van der Waals surface area contributed by atoms with Crippen LogP contribution in [0.15, 0.2) is 30.6 Å². The molecule has 0 fully saturated rings. The molecule has 1 amide bonds. The number of rotatable bonds is 6. The third kappa shape index (κ3) is 8.14. The fraction of sp³-hybridized carbons (Fsp3) is 0.500. The molecule has 0 saturated heterocycles. The molecule has 2 aromatic rings. The highest BCUT2D eigenvalue weighted by Gasteiger charge is 2.07. The predicted molar refractivity (Wildman–Crippen MR) is 96.7 cm³/mol. The van der Waals surface area contributed by atoms with E-state index in [2.05, 4.69) is 27.4 Å². The van der Waals surface area contributed by atoms with Crippen molar-refractivity contribution >= 4 is 11.7 Å². The number of aryl methyl sites for hydroxylation is 1. The second-order valence-corrected chi connectivity index (χ2v) is 4.43. The second kappa shape index (κ2) is 13.5. The molecule has 0 aromatic carbocycles. The number of pyridine rings is 1. The van der Waals surface area contributed by atoms with Gasteiger partial charge in [-0.25, -0.2) is 0 Å². The summed E-state index contributed by atoms with van der Waals surface area (Å²) in [5.41, 5.74) is 1.58. The maximum Gasteiger partial charge on any atom is 0.275 e. The van der Waals surface area contributed by atoms with E-state index in [1.165, 1.54) is 18.4 Å². The first kappa shape index (κ1) is 20.8. The van der Waals surface area contributed by atoms with E-state index in [1.807, 2.05) is 33.8 Å². The van der Waals surface area contributed by atoms with E-state index >= 15 is 0 Å². The summed E-state index contributed by atoms with van der Waals surface area (Å²) in [4.78, 5) is 16.1. The highest BCUT2D eigenvalue weighted by atomic mass is 16.1. The Balaban J connectivity index is 0.00000112. The molecule has 2 aromatic heterocycles. The first-order valence-electron chi connectivity index (χ1n) is 8.55. The van der Waals surface area contributed by atoms with E-state index in [0.29, 0.717) is 11.5 Å². The van der Waals surface area contributed by atoms with Crippen molar-refractivity contribution in [3.8, 4) is 0 Å². The van der Waals surface area contributed by atoms with Gasteiger partial charge >= 0.3 is 0 Å². The van der Waals surface area contributed by atoms with E-state index in [9.17, 15) is 4.79 Å². The molecule has 2 rings (SSSR count). The van der Waals surface area contributed by atoms with Gasteiger partial charge < -0.3 is 5.32 Å². The summed E-state index contributed by atoms with van der Waals surface area (Å²) in [7, 11) is 0. The molecule has 5 heteroatoms. The number of aromatic amines is 1. The SMILES string of the molecule is CC.CC.CCCCCc1ccc(C(=O)Nc2ccn[nH]2)nc1. The number of aromatic nitrogens is 3. The molecule has 5 nitrogen and oxygen atoms in total. The highest BCUT2D eigenvalue weighted by Crippen LogP contribution is 2.08. The lowest BCUT2D eigenvalue weighted by atomic mass is 10.1. The second-order valence-electron chi connectivity index (χ2n) is 4.43. The van der Waals surface area contributed by atoms with E-state index in [-0.39, 0.29) is 5.91 Å². The van der Waals surface area contributed by atoms with Gasteiger partial charge in [0.05, 0.1) is 6.20 Å². The molecule has 128 valence electrons. The number of carbonyl (C=O) groups is 1. The average molecular weight is 318 g/mol. The van der Waals surface area contributed by atoms with Crippen LogP contribution in [0, 0.1) is 0 Å². The fourth-order valence-electron chi connectivity index (χ4n) is 1.80. The number of carbonyl (C=O) groups excluding carboxylic acids is 1. The van der Waals surface area contributed by atoms with Crippen LogP contribution in [-0.4, -0.2) is 21.1 Å². The summed E-state index contributed by atoms with van der Waals surface area (Å²) in [6.45, 7) is 10.2. The number of amides is 1. The molecule has 2 heterocycles. The molecule has 0 aliphatic carbocycles. The van der Waals surface area contributed by atoms with Crippen LogP contribution in [-0.2, 0) is 6.42 Å². The van der Waals surface area contributed by atoms with E-state index < -0.39 is 0 Å². The van der Waals surface area contributed by atoms with Crippen molar-refractivity contribution in [1.82, 2.24) is 15.2 Å². The summed E-state index contributed by atoms with van der Waals surface area (Å²) in [5, 5.41) is 9.13. The Morgan fingerprint density at radius 1 is 1.13 bits per heavy atom. The normalized spacial score (nSPS) is 9.09. The van der Waals surface area contributed by atoms with Crippen LogP contribution in [0.1, 0.15) is 69.9 Å². The van der Waals surface area contributed by atoms with Gasteiger partial charge in [-0.15, -0.1) is 0 Å². The van der Waals surface area contributed by atoms with Gasteiger partial charge in [0, 0.05) is 12.3 Å². The van der Waals surface area contributed by atoms with Gasteiger partial charge in [0.2, 0.25) is 0 Å². The zero-order valence-corrected chi connectivity index (χ0v) is 15.0. The van der Waals surface area contributed by atoms with Gasteiger partial charge in [-0.3, -0.25) is 14.9 Å². The maximum absolute atomic E-state index is 11.9.